The van der Waals surface area contributed by atoms with Crippen LogP contribution in [0.25, 0.3) is 22.2 Å². The molecular weight excluding hydrogens is 609 g/mol. The summed E-state index contributed by atoms with van der Waals surface area (Å²) in [6, 6.07) is 7.31. The fourth-order valence-electron chi connectivity index (χ4n) is 5.70. The number of nitrogens with zero attached hydrogens (tertiary/aromatic N) is 7. The van der Waals surface area contributed by atoms with Gasteiger partial charge in [-0.1, -0.05) is 17.7 Å². The Balaban J connectivity index is 1.37. The van der Waals surface area contributed by atoms with Crippen molar-refractivity contribution in [2.45, 2.75) is 44.9 Å². The number of rotatable bonds is 8. The van der Waals surface area contributed by atoms with Crippen LogP contribution in [0.15, 0.2) is 55.1 Å². The molecule has 2 N–H and O–H groups in total. The predicted molar refractivity (Wildman–Crippen MR) is 160 cm³/mol. The standard InChI is InChI=1S/C31H26ClF3N8O2/c1-16(22-6-5-20(33)12-37-22)43-30-21(13-40-43)27(28(29(36)44)23(41-30)8-17-2-3-17)18-4-7-24-25(9-18)45-31(34,35)15-42(24)14-26-38-10-19(32)11-39-26/h4-7,9-13,16-17H,2-3,8,14-15H2,1H3,(H2,36,44). The largest absolute Gasteiger partial charge is 0.429 e. The van der Waals surface area contributed by atoms with E-state index in [1.165, 1.54) is 29.4 Å². The summed E-state index contributed by atoms with van der Waals surface area (Å²) in [5, 5.41) is 5.40. The lowest BCUT2D eigenvalue weighted by Crippen LogP contribution is -2.44. The number of nitrogens with two attached hydrogens (primary N) is 1. The van der Waals surface area contributed by atoms with Gasteiger partial charge in [0.05, 0.1) is 52.6 Å². The van der Waals surface area contributed by atoms with Gasteiger partial charge in [0, 0.05) is 23.3 Å². The molecule has 1 fully saturated rings. The number of carbonyl (C=O) groups excluding carboxylic acids is 1. The molecule has 2 aliphatic rings. The van der Waals surface area contributed by atoms with E-state index in [0.717, 1.165) is 19.0 Å². The van der Waals surface area contributed by atoms with Gasteiger partial charge in [0.1, 0.15) is 23.9 Å². The molecule has 10 nitrogen and oxygen atoms in total. The first kappa shape index (κ1) is 29.0. The Morgan fingerprint density at radius 2 is 1.91 bits per heavy atom. The molecule has 1 unspecified atom stereocenters. The Morgan fingerprint density at radius 1 is 1.13 bits per heavy atom. The van der Waals surface area contributed by atoms with E-state index in [2.05, 4.69) is 20.1 Å². The Labute approximate surface area is 260 Å². The SMILES string of the molecule is CC(c1ccc(F)cn1)n1ncc2c(-c3ccc4c(c3)OC(F)(F)CN4Cc3ncc(Cl)cn3)c(C(N)=O)c(CC3CC3)nc21. The molecule has 0 bridgehead atoms. The second kappa shape index (κ2) is 11.0. The Kier molecular flexibility index (Phi) is 7.07. The highest BCUT2D eigenvalue weighted by molar-refractivity contribution is 6.30. The number of aromatic nitrogens is 6. The summed E-state index contributed by atoms with van der Waals surface area (Å²) in [5.74, 6) is -0.586. The maximum absolute atomic E-state index is 14.9. The first-order valence-electron chi connectivity index (χ1n) is 14.3. The molecule has 1 aromatic carbocycles. The topological polar surface area (TPSA) is 125 Å². The van der Waals surface area contributed by atoms with Gasteiger partial charge in [0.15, 0.2) is 5.65 Å². The molecule has 0 radical (unpaired) electrons. The lowest BCUT2D eigenvalue weighted by atomic mass is 9.93. The highest BCUT2D eigenvalue weighted by atomic mass is 35.5. The first-order chi connectivity index (χ1) is 21.6. The van der Waals surface area contributed by atoms with E-state index in [0.29, 0.717) is 62.4 Å². The molecular formula is C31H26ClF3N8O2. The lowest BCUT2D eigenvalue weighted by Gasteiger charge is -2.35. The van der Waals surface area contributed by atoms with Crippen LogP contribution >= 0.6 is 11.6 Å². The van der Waals surface area contributed by atoms with Crippen LogP contribution in [-0.4, -0.2) is 48.3 Å². The summed E-state index contributed by atoms with van der Waals surface area (Å²) in [6.45, 7) is 1.12. The van der Waals surface area contributed by atoms with Crippen LogP contribution in [0.4, 0.5) is 18.9 Å². The summed E-state index contributed by atoms with van der Waals surface area (Å²) in [4.78, 5) is 31.9. The van der Waals surface area contributed by atoms with Crippen LogP contribution in [0.5, 0.6) is 5.75 Å². The molecule has 1 saturated carbocycles. The Bertz CT molecular complexity index is 1930. The van der Waals surface area contributed by atoms with Gasteiger partial charge in [-0.15, -0.1) is 0 Å². The number of alkyl halides is 2. The van der Waals surface area contributed by atoms with E-state index >= 15 is 0 Å². The van der Waals surface area contributed by atoms with Crippen molar-refractivity contribution in [1.82, 2.24) is 29.7 Å². The highest BCUT2D eigenvalue weighted by Crippen LogP contribution is 2.44. The summed E-state index contributed by atoms with van der Waals surface area (Å²) in [7, 11) is 0. The number of primary amides is 1. The summed E-state index contributed by atoms with van der Waals surface area (Å²) < 4.78 is 50.3. The van der Waals surface area contributed by atoms with Crippen molar-refractivity contribution < 1.29 is 22.7 Å². The molecule has 1 aliphatic carbocycles. The minimum absolute atomic E-state index is 0.0118. The maximum atomic E-state index is 14.9. The van der Waals surface area contributed by atoms with E-state index in [1.807, 2.05) is 6.92 Å². The van der Waals surface area contributed by atoms with Crippen molar-refractivity contribution >= 4 is 34.2 Å². The zero-order valence-electron chi connectivity index (χ0n) is 23.9. The third-order valence-electron chi connectivity index (χ3n) is 8.02. The lowest BCUT2D eigenvalue weighted by molar-refractivity contribution is -0.172. The van der Waals surface area contributed by atoms with Gasteiger partial charge in [-0.05, 0) is 61.9 Å². The summed E-state index contributed by atoms with van der Waals surface area (Å²) in [5.41, 5.74) is 8.94. The van der Waals surface area contributed by atoms with Crippen molar-refractivity contribution in [1.29, 1.82) is 0 Å². The molecule has 5 heterocycles. The highest BCUT2D eigenvalue weighted by Gasteiger charge is 2.41. The molecule has 1 amide bonds. The number of fused-ring (bicyclic) bond motifs is 2. The van der Waals surface area contributed by atoms with Crippen LogP contribution in [-0.2, 0) is 13.0 Å². The van der Waals surface area contributed by atoms with Crippen LogP contribution in [0.3, 0.4) is 0 Å². The summed E-state index contributed by atoms with van der Waals surface area (Å²) >= 11 is 5.89. The number of amides is 1. The van der Waals surface area contributed by atoms with Crippen molar-refractivity contribution in [3.8, 4) is 16.9 Å². The zero-order chi connectivity index (χ0) is 31.5. The molecule has 1 atom stereocenters. The number of ether oxygens (including phenoxy) is 1. The number of benzene rings is 1. The van der Waals surface area contributed by atoms with Gasteiger partial charge in [0.2, 0.25) is 0 Å². The van der Waals surface area contributed by atoms with Gasteiger partial charge in [-0.2, -0.15) is 13.9 Å². The third-order valence-corrected chi connectivity index (χ3v) is 8.21. The number of pyridine rings is 2. The first-order valence-corrected chi connectivity index (χ1v) is 14.7. The molecule has 5 aromatic rings. The van der Waals surface area contributed by atoms with Crippen LogP contribution in [0.1, 0.15) is 53.4 Å². The Hall–Kier alpha value is -4.78. The quantitative estimate of drug-likeness (QED) is 0.230. The molecule has 7 rings (SSSR count). The molecule has 230 valence electrons. The monoisotopic (exact) mass is 634 g/mol. The van der Waals surface area contributed by atoms with Gasteiger partial charge in [-0.3, -0.25) is 9.78 Å². The van der Waals surface area contributed by atoms with E-state index in [9.17, 15) is 18.0 Å². The molecule has 1 aliphatic heterocycles. The molecule has 14 heteroatoms. The maximum Gasteiger partial charge on any atom is 0.415 e. The van der Waals surface area contributed by atoms with Crippen molar-refractivity contribution in [2.75, 3.05) is 11.4 Å². The molecule has 45 heavy (non-hydrogen) atoms. The minimum Gasteiger partial charge on any atom is -0.429 e. The van der Waals surface area contributed by atoms with Gasteiger partial charge < -0.3 is 15.4 Å². The smallest absolute Gasteiger partial charge is 0.415 e. The second-order valence-corrected chi connectivity index (χ2v) is 11.8. The fraction of sp³-hybridized carbons (Fsp3) is 0.290. The molecule has 4 aromatic heterocycles. The number of halogens is 4. The normalized spacial score (nSPS) is 16.3. The van der Waals surface area contributed by atoms with Crippen molar-refractivity contribution in [3.63, 3.8) is 0 Å². The van der Waals surface area contributed by atoms with Gasteiger partial charge in [0.25, 0.3) is 5.91 Å². The van der Waals surface area contributed by atoms with E-state index in [1.54, 1.807) is 29.1 Å². The fourth-order valence-corrected chi connectivity index (χ4v) is 5.80. The van der Waals surface area contributed by atoms with E-state index in [4.69, 9.17) is 27.1 Å². The number of hydrogen-bond acceptors (Lipinski definition) is 8. The average Bonchev–Trinajstić information content (AvgIpc) is 3.72. The minimum atomic E-state index is -3.52. The van der Waals surface area contributed by atoms with Crippen molar-refractivity contribution in [3.05, 3.63) is 88.7 Å². The number of carbonyl (C=O) groups is 1. The Morgan fingerprint density at radius 3 is 2.60 bits per heavy atom. The number of anilines is 1. The predicted octanol–water partition coefficient (Wildman–Crippen LogP) is 5.73. The van der Waals surface area contributed by atoms with Crippen LogP contribution in [0.2, 0.25) is 5.02 Å². The third kappa shape index (κ3) is 5.63. The van der Waals surface area contributed by atoms with Crippen LogP contribution in [0, 0.1) is 11.7 Å². The van der Waals surface area contributed by atoms with Crippen molar-refractivity contribution in [2.24, 2.45) is 11.7 Å². The van der Waals surface area contributed by atoms with Gasteiger partial charge in [-0.25, -0.2) is 24.0 Å². The molecule has 0 saturated heterocycles. The van der Waals surface area contributed by atoms with Crippen LogP contribution < -0.4 is 15.4 Å². The summed E-state index contributed by atoms with van der Waals surface area (Å²) in [6.07, 6.45) is 4.49. The zero-order valence-corrected chi connectivity index (χ0v) is 24.7. The number of hydrogen-bond donors (Lipinski definition) is 1. The second-order valence-electron chi connectivity index (χ2n) is 11.3. The van der Waals surface area contributed by atoms with Gasteiger partial charge >= 0.3 is 6.11 Å². The van der Waals surface area contributed by atoms with E-state index < -0.39 is 30.4 Å². The van der Waals surface area contributed by atoms with E-state index in [-0.39, 0.29) is 17.9 Å². The average molecular weight is 635 g/mol. The molecule has 0 spiro atoms.